The number of rotatable bonds is 4. The Morgan fingerprint density at radius 1 is 0.758 bits per heavy atom. The summed E-state index contributed by atoms with van der Waals surface area (Å²) >= 11 is 0. The van der Waals surface area contributed by atoms with Crippen LogP contribution in [0.25, 0.3) is 0 Å². The number of carbonyl (C=O) groups is 7. The molecule has 0 radical (unpaired) electrons. The van der Waals surface area contributed by atoms with Gasteiger partial charge in [-0.1, -0.05) is 0 Å². The van der Waals surface area contributed by atoms with Gasteiger partial charge >= 0.3 is 18.0 Å². The number of carboxylic acids is 2. The van der Waals surface area contributed by atoms with Gasteiger partial charge in [0.05, 0.1) is 13.1 Å². The number of nitrogens with zero attached hydrogens (tertiary/aromatic N) is 3. The van der Waals surface area contributed by atoms with Crippen molar-refractivity contribution in [1.82, 2.24) is 14.7 Å². The molecule has 3 aliphatic heterocycles. The van der Waals surface area contributed by atoms with Crippen molar-refractivity contribution >= 4 is 41.7 Å². The summed E-state index contributed by atoms with van der Waals surface area (Å²) in [6.45, 7) is 3.07. The molecular weight excluding hydrogens is 442 g/mol. The van der Waals surface area contributed by atoms with E-state index in [0.29, 0.717) is 9.80 Å². The lowest BCUT2D eigenvalue weighted by Gasteiger charge is -2.52. The summed E-state index contributed by atoms with van der Waals surface area (Å²) in [5.74, 6) is -6.91. The second-order valence-electron chi connectivity index (χ2n) is 9.43. The van der Waals surface area contributed by atoms with Gasteiger partial charge in [-0.25, -0.2) is 14.4 Å². The zero-order valence-electron chi connectivity index (χ0n) is 18.5. The number of hydrogen-bond acceptors (Lipinski definition) is 8. The van der Waals surface area contributed by atoms with Crippen LogP contribution in [0.2, 0.25) is 0 Å². The molecule has 13 heteroatoms. The van der Waals surface area contributed by atoms with E-state index in [2.05, 4.69) is 0 Å². The first kappa shape index (κ1) is 24.1. The van der Waals surface area contributed by atoms with E-state index >= 15 is 0 Å². The zero-order chi connectivity index (χ0) is 24.9. The molecule has 0 unspecified atom stereocenters. The second kappa shape index (κ2) is 7.81. The van der Waals surface area contributed by atoms with Crippen LogP contribution in [0, 0.1) is 0 Å². The van der Waals surface area contributed by atoms with Gasteiger partial charge in [-0.05, 0) is 20.8 Å². The maximum Gasteiger partial charge on any atom is 0.410 e. The highest BCUT2D eigenvalue weighted by Gasteiger charge is 2.66. The number of carbonyl (C=O) groups excluding carboxylic acids is 5. The van der Waals surface area contributed by atoms with Crippen molar-refractivity contribution in [1.29, 1.82) is 0 Å². The monoisotopic (exact) mass is 467 g/mol. The SMILES string of the molecule is CC(C)(C)OC(=O)N1C[C@](C(=O)O)(N2C(=O)CCC2=O)C[C@](C(=O)O)(N2C(=O)CCC2=O)C1. The van der Waals surface area contributed by atoms with Crippen LogP contribution in [0.5, 0.6) is 0 Å². The van der Waals surface area contributed by atoms with Crippen LogP contribution >= 0.6 is 0 Å². The lowest BCUT2D eigenvalue weighted by molar-refractivity contribution is -0.182. The van der Waals surface area contributed by atoms with Crippen LogP contribution < -0.4 is 0 Å². The smallest absolute Gasteiger partial charge is 0.410 e. The molecule has 0 bridgehead atoms. The summed E-state index contributed by atoms with van der Waals surface area (Å²) in [6.07, 6.45) is -3.23. The van der Waals surface area contributed by atoms with Crippen LogP contribution in [0.1, 0.15) is 52.9 Å². The molecule has 3 aliphatic rings. The van der Waals surface area contributed by atoms with E-state index in [1.807, 2.05) is 0 Å². The normalized spacial score (nSPS) is 28.5. The molecule has 5 amide bonds. The molecule has 13 nitrogen and oxygen atoms in total. The largest absolute Gasteiger partial charge is 0.479 e. The molecule has 0 spiro atoms. The molecule has 33 heavy (non-hydrogen) atoms. The van der Waals surface area contributed by atoms with Crippen molar-refractivity contribution in [3.05, 3.63) is 0 Å². The van der Waals surface area contributed by atoms with E-state index in [-0.39, 0.29) is 25.7 Å². The summed E-state index contributed by atoms with van der Waals surface area (Å²) in [4.78, 5) is 89.9. The van der Waals surface area contributed by atoms with Crippen molar-refractivity contribution in [2.75, 3.05) is 13.1 Å². The number of hydrogen-bond donors (Lipinski definition) is 2. The minimum Gasteiger partial charge on any atom is -0.479 e. The standard InChI is InChI=1S/C20H25N3O10/c1-18(2,3)33-17(32)21-9-19(15(28)29,22-11(24)4-5-12(22)25)8-20(10-21,16(30)31)23-13(26)6-7-14(23)27/h4-10H2,1-3H3,(H,28,29)(H,30,31)/t19-,20+. The number of aliphatic carboxylic acids is 2. The molecule has 0 aromatic carbocycles. The molecule has 2 N–H and O–H groups in total. The Morgan fingerprint density at radius 3 is 1.36 bits per heavy atom. The lowest BCUT2D eigenvalue weighted by Crippen LogP contribution is -2.76. The Bertz CT molecular complexity index is 876. The molecular formula is C20H25N3O10. The quantitative estimate of drug-likeness (QED) is 0.515. The summed E-state index contributed by atoms with van der Waals surface area (Å²) in [5.41, 5.74) is -6.10. The summed E-state index contributed by atoms with van der Waals surface area (Å²) < 4.78 is 5.28. The molecule has 3 fully saturated rings. The van der Waals surface area contributed by atoms with Crippen molar-refractivity contribution in [2.24, 2.45) is 0 Å². The van der Waals surface area contributed by atoms with Crippen LogP contribution in [-0.4, -0.2) is 96.3 Å². The average Bonchev–Trinajstić information content (AvgIpc) is 3.20. The van der Waals surface area contributed by atoms with Crippen molar-refractivity contribution in [2.45, 2.75) is 69.6 Å². The minimum absolute atomic E-state index is 0.290. The number of amides is 5. The second-order valence-corrected chi connectivity index (χ2v) is 9.43. The third-order valence-corrected chi connectivity index (χ3v) is 5.90. The topological polar surface area (TPSA) is 179 Å². The minimum atomic E-state index is -2.53. The first-order chi connectivity index (χ1) is 15.1. The summed E-state index contributed by atoms with van der Waals surface area (Å²) in [6, 6.07) is 0. The Kier molecular flexibility index (Phi) is 5.72. The predicted octanol–water partition coefficient (Wildman–Crippen LogP) is -0.428. The Balaban J connectivity index is 2.22. The number of piperidine rings is 1. The average molecular weight is 467 g/mol. The van der Waals surface area contributed by atoms with Crippen LogP contribution in [0.15, 0.2) is 0 Å². The van der Waals surface area contributed by atoms with Gasteiger partial charge < -0.3 is 19.8 Å². The van der Waals surface area contributed by atoms with Crippen molar-refractivity contribution in [3.63, 3.8) is 0 Å². The van der Waals surface area contributed by atoms with E-state index in [9.17, 15) is 43.8 Å². The first-order valence-electron chi connectivity index (χ1n) is 10.3. The third-order valence-electron chi connectivity index (χ3n) is 5.90. The maximum absolute atomic E-state index is 12.9. The van der Waals surface area contributed by atoms with E-state index in [4.69, 9.17) is 4.74 Å². The molecule has 0 saturated carbocycles. The van der Waals surface area contributed by atoms with E-state index in [0.717, 1.165) is 4.90 Å². The van der Waals surface area contributed by atoms with E-state index < -0.39 is 77.8 Å². The fraction of sp³-hybridized carbons (Fsp3) is 0.650. The number of likely N-dealkylation sites (tertiary alicyclic amines) is 3. The fourth-order valence-electron chi connectivity index (χ4n) is 4.62. The fourth-order valence-corrected chi connectivity index (χ4v) is 4.62. The molecule has 3 rings (SSSR count). The number of carboxylic acid groups (broad SMARTS) is 2. The lowest BCUT2D eigenvalue weighted by atomic mass is 9.75. The summed E-state index contributed by atoms with van der Waals surface area (Å²) in [7, 11) is 0. The van der Waals surface area contributed by atoms with Gasteiger partial charge in [-0.2, -0.15) is 0 Å². The molecule has 180 valence electrons. The van der Waals surface area contributed by atoms with Gasteiger partial charge in [-0.15, -0.1) is 0 Å². The zero-order valence-corrected chi connectivity index (χ0v) is 18.5. The van der Waals surface area contributed by atoms with Gasteiger partial charge in [0.15, 0.2) is 11.1 Å². The number of ether oxygens (including phenoxy) is 1. The third kappa shape index (κ3) is 3.91. The molecule has 3 saturated heterocycles. The van der Waals surface area contributed by atoms with Crippen LogP contribution in [0.4, 0.5) is 4.79 Å². The molecule has 0 aromatic rings. The van der Waals surface area contributed by atoms with Gasteiger partial charge in [0.25, 0.3) is 0 Å². The van der Waals surface area contributed by atoms with Gasteiger partial charge in [0.1, 0.15) is 5.60 Å². The van der Waals surface area contributed by atoms with Crippen molar-refractivity contribution < 1.29 is 48.5 Å². The molecule has 0 aromatic heterocycles. The van der Waals surface area contributed by atoms with E-state index in [1.165, 1.54) is 20.8 Å². The molecule has 0 aliphatic carbocycles. The van der Waals surface area contributed by atoms with Crippen molar-refractivity contribution in [3.8, 4) is 0 Å². The van der Waals surface area contributed by atoms with Gasteiger partial charge in [0.2, 0.25) is 23.6 Å². The Labute approximate surface area is 188 Å². The van der Waals surface area contributed by atoms with Crippen LogP contribution in [0.3, 0.4) is 0 Å². The van der Waals surface area contributed by atoms with E-state index in [1.54, 1.807) is 0 Å². The Hall–Kier alpha value is -3.51. The van der Waals surface area contributed by atoms with Gasteiger partial charge in [0, 0.05) is 32.1 Å². The maximum atomic E-state index is 12.9. The highest BCUT2D eigenvalue weighted by Crippen LogP contribution is 2.42. The summed E-state index contributed by atoms with van der Waals surface area (Å²) in [5, 5.41) is 20.4. The highest BCUT2D eigenvalue weighted by molar-refractivity contribution is 6.09. The highest BCUT2D eigenvalue weighted by atomic mass is 16.6. The molecule has 2 atom stereocenters. The van der Waals surface area contributed by atoms with Crippen LogP contribution in [-0.2, 0) is 33.5 Å². The first-order valence-corrected chi connectivity index (χ1v) is 10.3. The number of imide groups is 2. The van der Waals surface area contributed by atoms with Gasteiger partial charge in [-0.3, -0.25) is 29.0 Å². The Morgan fingerprint density at radius 2 is 1.09 bits per heavy atom. The predicted molar refractivity (Wildman–Crippen MR) is 105 cm³/mol. The molecule has 3 heterocycles.